The van der Waals surface area contributed by atoms with Crippen molar-refractivity contribution < 1.29 is 4.74 Å². The first-order chi connectivity index (χ1) is 15.1. The zero-order valence-electron chi connectivity index (χ0n) is 17.5. The minimum Gasteiger partial charge on any atom is -0.380 e. The second-order valence-corrected chi connectivity index (χ2v) is 7.52. The lowest BCUT2D eigenvalue weighted by Gasteiger charge is -2.10. The Labute approximate surface area is 178 Å². The van der Waals surface area contributed by atoms with E-state index in [2.05, 4.69) is 27.1 Å². The minimum absolute atomic E-state index is 0.130. The summed E-state index contributed by atoms with van der Waals surface area (Å²) < 4.78 is 8.60. The highest BCUT2D eigenvalue weighted by Crippen LogP contribution is 2.30. The van der Waals surface area contributed by atoms with Crippen molar-refractivity contribution in [1.29, 1.82) is 0 Å². The van der Waals surface area contributed by atoms with Crippen molar-refractivity contribution in [3.05, 3.63) is 82.9 Å². The van der Waals surface area contributed by atoms with Crippen LogP contribution < -0.4 is 5.69 Å². The Morgan fingerprint density at radius 2 is 1.90 bits per heavy atom. The lowest BCUT2D eigenvalue weighted by atomic mass is 10.0. The van der Waals surface area contributed by atoms with Crippen LogP contribution in [-0.4, -0.2) is 31.2 Å². The number of imidazole rings is 1. The van der Waals surface area contributed by atoms with Crippen LogP contribution in [0, 0.1) is 6.92 Å². The Bertz CT molecular complexity index is 1500. The van der Waals surface area contributed by atoms with E-state index in [4.69, 9.17) is 4.74 Å². The predicted octanol–water partition coefficient (Wildman–Crippen LogP) is 3.79. The third-order valence-corrected chi connectivity index (χ3v) is 5.54. The van der Waals surface area contributed by atoms with Crippen molar-refractivity contribution in [2.24, 2.45) is 7.05 Å². The molecule has 0 radical (unpaired) electrons. The third kappa shape index (κ3) is 3.10. The minimum atomic E-state index is -0.130. The van der Waals surface area contributed by atoms with E-state index in [9.17, 15) is 4.79 Å². The first-order valence-electron chi connectivity index (χ1n) is 9.94. The van der Waals surface area contributed by atoms with Crippen molar-refractivity contribution in [2.45, 2.75) is 13.5 Å². The molecule has 0 aliphatic rings. The molecule has 0 fully saturated rings. The van der Waals surface area contributed by atoms with Crippen LogP contribution in [0.2, 0.25) is 0 Å². The van der Waals surface area contributed by atoms with E-state index in [-0.39, 0.29) is 5.69 Å². The van der Waals surface area contributed by atoms with Gasteiger partial charge >= 0.3 is 5.69 Å². The summed E-state index contributed by atoms with van der Waals surface area (Å²) in [4.78, 5) is 26.5. The molecule has 0 aliphatic carbocycles. The molecule has 7 nitrogen and oxygen atoms in total. The number of aryl methyl sites for hydroxylation is 2. The monoisotopic (exact) mass is 411 g/mol. The normalized spacial score (nSPS) is 11.5. The molecule has 4 heterocycles. The summed E-state index contributed by atoms with van der Waals surface area (Å²) >= 11 is 0. The summed E-state index contributed by atoms with van der Waals surface area (Å²) in [7, 11) is 3.43. The van der Waals surface area contributed by atoms with Gasteiger partial charge in [0.2, 0.25) is 0 Å². The molecule has 5 aromatic rings. The Morgan fingerprint density at radius 1 is 1.03 bits per heavy atom. The van der Waals surface area contributed by atoms with Gasteiger partial charge in [0, 0.05) is 43.7 Å². The van der Waals surface area contributed by atoms with E-state index >= 15 is 0 Å². The molecule has 0 saturated heterocycles. The second-order valence-electron chi connectivity index (χ2n) is 7.52. The largest absolute Gasteiger partial charge is 0.380 e. The zero-order valence-corrected chi connectivity index (χ0v) is 17.5. The predicted molar refractivity (Wildman–Crippen MR) is 120 cm³/mol. The Hall–Kier alpha value is -3.84. The quantitative estimate of drug-likeness (QED) is 0.450. The van der Waals surface area contributed by atoms with Gasteiger partial charge in [-0.25, -0.2) is 4.79 Å². The molecule has 0 atom stereocenters. The molecule has 0 spiro atoms. The maximum atomic E-state index is 13.2. The van der Waals surface area contributed by atoms with Gasteiger partial charge in [-0.15, -0.1) is 0 Å². The number of benzene rings is 1. The number of fused-ring (bicyclic) bond motifs is 3. The maximum Gasteiger partial charge on any atom is 0.333 e. The zero-order chi connectivity index (χ0) is 21.5. The Kier molecular flexibility index (Phi) is 4.60. The fourth-order valence-electron chi connectivity index (χ4n) is 4.00. The highest BCUT2D eigenvalue weighted by atomic mass is 16.5. The summed E-state index contributed by atoms with van der Waals surface area (Å²) in [5.74, 6) is 0. The fourth-order valence-corrected chi connectivity index (χ4v) is 4.00. The molecule has 1 aromatic carbocycles. The summed E-state index contributed by atoms with van der Waals surface area (Å²) in [6.45, 7) is 2.40. The highest BCUT2D eigenvalue weighted by molar-refractivity contribution is 6.04. The molecule has 0 amide bonds. The molecule has 0 saturated carbocycles. The van der Waals surface area contributed by atoms with Crippen molar-refractivity contribution in [3.8, 4) is 16.8 Å². The van der Waals surface area contributed by atoms with Crippen LogP contribution in [0.1, 0.15) is 11.3 Å². The van der Waals surface area contributed by atoms with Gasteiger partial charge < -0.3 is 4.74 Å². The van der Waals surface area contributed by atoms with Crippen LogP contribution in [0.25, 0.3) is 38.8 Å². The molecule has 0 aliphatic heterocycles. The van der Waals surface area contributed by atoms with Gasteiger partial charge in [0.1, 0.15) is 0 Å². The van der Waals surface area contributed by atoms with Crippen LogP contribution in [-0.2, 0) is 18.4 Å². The Morgan fingerprint density at radius 3 is 2.71 bits per heavy atom. The molecule has 0 N–H and O–H groups in total. The van der Waals surface area contributed by atoms with Crippen LogP contribution in [0.4, 0.5) is 0 Å². The number of methoxy groups -OCH3 is 1. The number of ether oxygens (including phenoxy) is 1. The molecular formula is C24H21N5O2. The number of nitrogens with zero attached hydrogens (tertiary/aromatic N) is 5. The van der Waals surface area contributed by atoms with Crippen LogP contribution in [0.3, 0.4) is 0 Å². The van der Waals surface area contributed by atoms with E-state index in [1.807, 2.05) is 37.4 Å². The van der Waals surface area contributed by atoms with Crippen molar-refractivity contribution in [1.82, 2.24) is 24.1 Å². The van der Waals surface area contributed by atoms with Crippen LogP contribution in [0.15, 0.2) is 66.0 Å². The van der Waals surface area contributed by atoms with E-state index in [1.54, 1.807) is 41.9 Å². The number of hydrogen-bond acceptors (Lipinski definition) is 5. The van der Waals surface area contributed by atoms with Crippen molar-refractivity contribution in [2.75, 3.05) is 7.11 Å². The van der Waals surface area contributed by atoms with Gasteiger partial charge in [-0.1, -0.05) is 6.07 Å². The lowest BCUT2D eigenvalue weighted by molar-refractivity contribution is 0.184. The summed E-state index contributed by atoms with van der Waals surface area (Å²) in [6, 6.07) is 11.9. The van der Waals surface area contributed by atoms with Gasteiger partial charge in [-0.2, -0.15) is 0 Å². The average Bonchev–Trinajstić information content (AvgIpc) is 3.05. The maximum absolute atomic E-state index is 13.2. The van der Waals surface area contributed by atoms with Crippen LogP contribution in [0.5, 0.6) is 0 Å². The summed E-state index contributed by atoms with van der Waals surface area (Å²) in [5.41, 5.74) is 6.80. The molecule has 154 valence electrons. The number of aromatic nitrogens is 5. The SMILES string of the molecule is COCc1cncc(-c2ccc3ncc4c(c3c2)n(-c2cccnc2C)c(=O)n4C)c1. The Balaban J connectivity index is 1.83. The van der Waals surface area contributed by atoms with Crippen molar-refractivity contribution in [3.63, 3.8) is 0 Å². The van der Waals surface area contributed by atoms with E-state index in [1.165, 1.54) is 0 Å². The van der Waals surface area contributed by atoms with Crippen molar-refractivity contribution >= 4 is 21.9 Å². The van der Waals surface area contributed by atoms with E-state index < -0.39 is 0 Å². The van der Waals surface area contributed by atoms with E-state index in [0.717, 1.165) is 50.0 Å². The fraction of sp³-hybridized carbons (Fsp3) is 0.167. The summed E-state index contributed by atoms with van der Waals surface area (Å²) in [6.07, 6.45) is 7.11. The molecule has 0 bridgehead atoms. The highest BCUT2D eigenvalue weighted by Gasteiger charge is 2.18. The van der Waals surface area contributed by atoms with Gasteiger partial charge in [0.15, 0.2) is 0 Å². The second kappa shape index (κ2) is 7.45. The smallest absolute Gasteiger partial charge is 0.333 e. The molecule has 0 unspecified atom stereocenters. The van der Waals surface area contributed by atoms with Gasteiger partial charge in [-0.05, 0) is 48.4 Å². The third-order valence-electron chi connectivity index (χ3n) is 5.54. The topological polar surface area (TPSA) is 74.8 Å². The first-order valence-corrected chi connectivity index (χ1v) is 9.94. The summed E-state index contributed by atoms with van der Waals surface area (Å²) in [5, 5.41) is 0.896. The molecule has 7 heteroatoms. The number of pyridine rings is 3. The average molecular weight is 411 g/mol. The van der Waals surface area contributed by atoms with Gasteiger partial charge in [0.25, 0.3) is 0 Å². The lowest BCUT2D eigenvalue weighted by Crippen LogP contribution is -2.21. The molecule has 5 rings (SSSR count). The number of rotatable bonds is 4. The standard InChI is InChI=1S/C24H21N5O2/c1-15-21(5-4-8-26-15)29-23-19-10-17(18-9-16(14-31-3)11-25-12-18)6-7-20(19)27-13-22(23)28(2)24(29)30/h4-13H,14H2,1-3H3. The van der Waals surface area contributed by atoms with Gasteiger partial charge in [0.05, 0.1) is 40.7 Å². The van der Waals surface area contributed by atoms with Crippen LogP contribution >= 0.6 is 0 Å². The van der Waals surface area contributed by atoms with E-state index in [0.29, 0.717) is 6.61 Å². The molecule has 4 aromatic heterocycles. The first kappa shape index (κ1) is 19.1. The van der Waals surface area contributed by atoms with Gasteiger partial charge in [-0.3, -0.25) is 24.1 Å². The number of hydrogen-bond donors (Lipinski definition) is 0. The molecular weight excluding hydrogens is 390 g/mol. The molecule has 31 heavy (non-hydrogen) atoms.